The third-order valence-electron chi connectivity index (χ3n) is 5.45. The molecule has 3 N–H and O–H groups in total. The fraction of sp³-hybridized carbons (Fsp3) is 0.391. The van der Waals surface area contributed by atoms with Crippen LogP contribution in [0.25, 0.3) is 0 Å². The van der Waals surface area contributed by atoms with E-state index in [1.165, 1.54) is 37.1 Å². The maximum Gasteiger partial charge on any atom is 0.255 e. The summed E-state index contributed by atoms with van der Waals surface area (Å²) in [5.41, 5.74) is 2.00. The molecule has 1 fully saturated rings. The van der Waals surface area contributed by atoms with Crippen LogP contribution in [0.2, 0.25) is 0 Å². The molecule has 5 nitrogen and oxygen atoms in total. The molecule has 0 bridgehead atoms. The van der Waals surface area contributed by atoms with Gasteiger partial charge in [0.25, 0.3) is 5.91 Å². The summed E-state index contributed by atoms with van der Waals surface area (Å²) in [5, 5.41) is 9.16. The highest BCUT2D eigenvalue weighted by Gasteiger charge is 2.21. The van der Waals surface area contributed by atoms with Gasteiger partial charge in [-0.1, -0.05) is 19.1 Å². The highest BCUT2D eigenvalue weighted by atomic mass is 35.5. The van der Waals surface area contributed by atoms with Crippen LogP contribution in [-0.4, -0.2) is 24.9 Å². The average Bonchev–Trinajstić information content (AvgIpc) is 2.74. The molecular weight excluding hydrogens is 405 g/mol. The Kier molecular flexibility index (Phi) is 9.27. The van der Waals surface area contributed by atoms with E-state index in [4.69, 9.17) is 0 Å². The fourth-order valence-corrected chi connectivity index (χ4v) is 3.61. The van der Waals surface area contributed by atoms with Gasteiger partial charge >= 0.3 is 0 Å². The Bertz CT molecular complexity index is 821. The van der Waals surface area contributed by atoms with Crippen molar-refractivity contribution in [2.45, 2.75) is 32.7 Å². The molecule has 1 aliphatic heterocycles. The van der Waals surface area contributed by atoms with E-state index in [-0.39, 0.29) is 30.0 Å². The lowest BCUT2D eigenvalue weighted by Crippen LogP contribution is -2.35. The monoisotopic (exact) mass is 433 g/mol. The molecule has 3 rings (SSSR count). The fourth-order valence-electron chi connectivity index (χ4n) is 3.61. The number of piperidine rings is 1. The molecule has 2 aromatic rings. The number of hydrogen-bond acceptors (Lipinski definition) is 3. The topological polar surface area (TPSA) is 70.2 Å². The van der Waals surface area contributed by atoms with Gasteiger partial charge in [-0.05, 0) is 79.7 Å². The summed E-state index contributed by atoms with van der Waals surface area (Å²) < 4.78 is 13.0. The lowest BCUT2D eigenvalue weighted by molar-refractivity contribution is -0.122. The zero-order valence-corrected chi connectivity index (χ0v) is 17.9. The van der Waals surface area contributed by atoms with Gasteiger partial charge in [0.15, 0.2) is 0 Å². The number of carbonyl (C=O) groups is 2. The Morgan fingerprint density at radius 2 is 1.83 bits per heavy atom. The Labute approximate surface area is 183 Å². The second-order valence-corrected chi connectivity index (χ2v) is 7.72. The van der Waals surface area contributed by atoms with Crippen molar-refractivity contribution in [2.24, 2.45) is 11.8 Å². The van der Waals surface area contributed by atoms with E-state index in [2.05, 4.69) is 22.9 Å². The third-order valence-corrected chi connectivity index (χ3v) is 5.45. The number of benzene rings is 2. The molecule has 0 spiro atoms. The third kappa shape index (κ3) is 7.11. The van der Waals surface area contributed by atoms with Crippen LogP contribution < -0.4 is 16.0 Å². The first kappa shape index (κ1) is 23.8. The van der Waals surface area contributed by atoms with E-state index in [1.54, 1.807) is 12.1 Å². The Hall–Kier alpha value is -2.44. The number of anilines is 1. The van der Waals surface area contributed by atoms with E-state index < -0.39 is 0 Å². The molecule has 7 heteroatoms. The maximum atomic E-state index is 13.0. The van der Waals surface area contributed by atoms with Crippen molar-refractivity contribution >= 4 is 29.9 Å². The molecule has 162 valence electrons. The van der Waals surface area contributed by atoms with Crippen molar-refractivity contribution in [1.29, 1.82) is 0 Å². The van der Waals surface area contributed by atoms with Gasteiger partial charge in [-0.15, -0.1) is 12.4 Å². The van der Waals surface area contributed by atoms with Crippen molar-refractivity contribution in [3.05, 3.63) is 65.5 Å². The second kappa shape index (κ2) is 11.7. The van der Waals surface area contributed by atoms with E-state index in [1.807, 2.05) is 12.1 Å². The van der Waals surface area contributed by atoms with E-state index in [0.717, 1.165) is 18.7 Å². The molecule has 1 saturated heterocycles. The summed E-state index contributed by atoms with van der Waals surface area (Å²) in [6.45, 7) is 4.69. The van der Waals surface area contributed by atoms with Gasteiger partial charge in [0, 0.05) is 24.2 Å². The summed E-state index contributed by atoms with van der Waals surface area (Å²) >= 11 is 0. The van der Waals surface area contributed by atoms with E-state index >= 15 is 0 Å². The normalized spacial score (nSPS) is 16.8. The van der Waals surface area contributed by atoms with Crippen LogP contribution in [-0.2, 0) is 11.3 Å². The number of hydrogen-bond donors (Lipinski definition) is 3. The zero-order valence-electron chi connectivity index (χ0n) is 17.1. The lowest BCUT2D eigenvalue weighted by atomic mass is 9.85. The van der Waals surface area contributed by atoms with E-state index in [0.29, 0.717) is 36.1 Å². The summed E-state index contributed by atoms with van der Waals surface area (Å²) in [6.07, 6.45) is 2.91. The van der Waals surface area contributed by atoms with E-state index in [9.17, 15) is 14.0 Å². The SMILES string of the molecule is CC(CC(=O)NCc1ccc(NC(=O)c2ccc(F)cc2)cc1)C1CCCNC1.Cl. The van der Waals surface area contributed by atoms with Gasteiger partial charge in [0.1, 0.15) is 5.82 Å². The Balaban J connectivity index is 0.00000320. The molecule has 2 aromatic carbocycles. The van der Waals surface area contributed by atoms with Crippen molar-refractivity contribution in [2.75, 3.05) is 18.4 Å². The van der Waals surface area contributed by atoms with Crippen LogP contribution in [0.4, 0.5) is 10.1 Å². The minimum atomic E-state index is -0.377. The highest BCUT2D eigenvalue weighted by Crippen LogP contribution is 2.22. The van der Waals surface area contributed by atoms with Gasteiger partial charge in [-0.25, -0.2) is 4.39 Å². The van der Waals surface area contributed by atoms with Crippen LogP contribution >= 0.6 is 12.4 Å². The number of carbonyl (C=O) groups excluding carboxylic acids is 2. The molecular formula is C23H29ClFN3O2. The van der Waals surface area contributed by atoms with Crippen molar-refractivity contribution in [3.8, 4) is 0 Å². The lowest BCUT2D eigenvalue weighted by Gasteiger charge is -2.28. The summed E-state index contributed by atoms with van der Waals surface area (Å²) in [7, 11) is 0. The number of amides is 2. The molecule has 0 aromatic heterocycles. The number of halogens is 2. The predicted molar refractivity (Wildman–Crippen MR) is 119 cm³/mol. The first-order chi connectivity index (χ1) is 14.0. The van der Waals surface area contributed by atoms with Crippen LogP contribution in [0.15, 0.2) is 48.5 Å². The number of rotatable bonds is 7. The van der Waals surface area contributed by atoms with Crippen LogP contribution in [0.3, 0.4) is 0 Å². The predicted octanol–water partition coefficient (Wildman–Crippen LogP) is 4.14. The van der Waals surface area contributed by atoms with Gasteiger partial charge in [0.2, 0.25) is 5.91 Å². The van der Waals surface area contributed by atoms with Gasteiger partial charge in [0.05, 0.1) is 0 Å². The van der Waals surface area contributed by atoms with Crippen LogP contribution in [0.1, 0.15) is 42.1 Å². The first-order valence-electron chi connectivity index (χ1n) is 10.1. The van der Waals surface area contributed by atoms with Crippen molar-refractivity contribution < 1.29 is 14.0 Å². The summed E-state index contributed by atoms with van der Waals surface area (Å²) in [5.74, 6) is 0.331. The summed E-state index contributed by atoms with van der Waals surface area (Å²) in [4.78, 5) is 24.4. The molecule has 0 radical (unpaired) electrons. The largest absolute Gasteiger partial charge is 0.352 e. The van der Waals surface area contributed by atoms with Crippen LogP contribution in [0, 0.1) is 17.7 Å². The molecule has 2 atom stereocenters. The second-order valence-electron chi connectivity index (χ2n) is 7.72. The average molecular weight is 434 g/mol. The Morgan fingerprint density at radius 1 is 1.13 bits per heavy atom. The van der Waals surface area contributed by atoms with Gasteiger partial charge < -0.3 is 16.0 Å². The molecule has 2 unspecified atom stereocenters. The molecule has 2 amide bonds. The molecule has 1 heterocycles. The summed E-state index contributed by atoms with van der Waals surface area (Å²) in [6, 6.07) is 12.7. The molecule has 0 aliphatic carbocycles. The van der Waals surface area contributed by atoms with Crippen molar-refractivity contribution in [1.82, 2.24) is 10.6 Å². The Morgan fingerprint density at radius 3 is 2.47 bits per heavy atom. The number of nitrogens with one attached hydrogen (secondary N) is 3. The zero-order chi connectivity index (χ0) is 20.6. The highest BCUT2D eigenvalue weighted by molar-refractivity contribution is 6.04. The molecule has 30 heavy (non-hydrogen) atoms. The smallest absolute Gasteiger partial charge is 0.255 e. The first-order valence-corrected chi connectivity index (χ1v) is 10.1. The molecule has 1 aliphatic rings. The molecule has 0 saturated carbocycles. The standard InChI is InChI=1S/C23H28FN3O2.ClH/c1-16(19-3-2-12-25-15-19)13-22(28)26-14-17-4-10-21(11-5-17)27-23(29)18-6-8-20(24)9-7-18;/h4-11,16,19,25H,2-3,12-15H2,1H3,(H,26,28)(H,27,29);1H. The van der Waals surface area contributed by atoms with Crippen molar-refractivity contribution in [3.63, 3.8) is 0 Å². The van der Waals surface area contributed by atoms with Gasteiger partial charge in [-0.3, -0.25) is 9.59 Å². The maximum absolute atomic E-state index is 13.0. The van der Waals surface area contributed by atoms with Crippen LogP contribution in [0.5, 0.6) is 0 Å². The minimum absolute atomic E-state index is 0. The van der Waals surface area contributed by atoms with Gasteiger partial charge in [-0.2, -0.15) is 0 Å². The minimum Gasteiger partial charge on any atom is -0.352 e. The quantitative estimate of drug-likeness (QED) is 0.614.